The number of carbonyl (C=O) groups excluding carboxylic acids is 1. The summed E-state index contributed by atoms with van der Waals surface area (Å²) in [6.45, 7) is 0.958. The summed E-state index contributed by atoms with van der Waals surface area (Å²) in [6.07, 6.45) is 0.117. The minimum atomic E-state index is -0.251. The van der Waals surface area contributed by atoms with E-state index in [9.17, 15) is 9.59 Å². The van der Waals surface area contributed by atoms with Crippen molar-refractivity contribution in [3.63, 3.8) is 0 Å². The van der Waals surface area contributed by atoms with E-state index in [0.717, 1.165) is 5.69 Å². The van der Waals surface area contributed by atoms with Crippen LogP contribution in [-0.4, -0.2) is 29.3 Å². The zero-order valence-corrected chi connectivity index (χ0v) is 12.9. The van der Waals surface area contributed by atoms with Gasteiger partial charge in [-0.15, -0.1) is 0 Å². The second kappa shape index (κ2) is 5.81. The Morgan fingerprint density at radius 3 is 2.75 bits per heavy atom. The van der Waals surface area contributed by atoms with Crippen LogP contribution < -0.4 is 15.2 Å². The van der Waals surface area contributed by atoms with Gasteiger partial charge in [-0.3, -0.25) is 9.59 Å². The maximum absolute atomic E-state index is 12.8. The number of nitrogens with one attached hydrogen (secondary N) is 1. The van der Waals surface area contributed by atoms with Gasteiger partial charge in [0, 0.05) is 5.39 Å². The number of carbonyl (C=O) groups is 1. The molecule has 2 aromatic carbocycles. The Bertz CT molecular complexity index is 980. The van der Waals surface area contributed by atoms with Crippen LogP contribution >= 0.6 is 0 Å². The second-order valence-electron chi connectivity index (χ2n) is 5.58. The molecule has 1 aliphatic heterocycles. The van der Waals surface area contributed by atoms with E-state index < -0.39 is 0 Å². The summed E-state index contributed by atoms with van der Waals surface area (Å²) in [5.41, 5.74) is 1.08. The van der Waals surface area contributed by atoms with Gasteiger partial charge in [0.2, 0.25) is 5.91 Å². The van der Waals surface area contributed by atoms with Crippen molar-refractivity contribution in [2.45, 2.75) is 6.42 Å². The molecular weight excluding hydrogens is 306 g/mol. The number of amides is 1. The normalized spacial score (nSPS) is 13.4. The minimum Gasteiger partial charge on any atom is -0.490 e. The molecule has 0 bridgehead atoms. The molecule has 1 aromatic heterocycles. The molecule has 1 N–H and O–H groups in total. The molecule has 0 atom stereocenters. The number of hydrogen-bond donors (Lipinski definition) is 1. The number of benzene rings is 2. The van der Waals surface area contributed by atoms with Gasteiger partial charge in [0.25, 0.3) is 5.56 Å². The third-order valence-electron chi connectivity index (χ3n) is 4.12. The molecule has 120 valence electrons. The fourth-order valence-electron chi connectivity index (χ4n) is 2.97. The van der Waals surface area contributed by atoms with Gasteiger partial charge in [-0.05, 0) is 18.2 Å². The predicted octanol–water partition coefficient (Wildman–Crippen LogP) is 1.89. The Morgan fingerprint density at radius 2 is 1.88 bits per heavy atom. The summed E-state index contributed by atoms with van der Waals surface area (Å²) in [4.78, 5) is 26.4. The van der Waals surface area contributed by atoms with Crippen LogP contribution in [-0.2, 0) is 11.2 Å². The molecule has 6 nitrogen and oxygen atoms in total. The topological polar surface area (TPSA) is 75.3 Å². The number of aromatic amines is 1. The molecule has 24 heavy (non-hydrogen) atoms. The van der Waals surface area contributed by atoms with Gasteiger partial charge < -0.3 is 9.64 Å². The summed E-state index contributed by atoms with van der Waals surface area (Å²) >= 11 is 0. The van der Waals surface area contributed by atoms with E-state index in [4.69, 9.17) is 4.74 Å². The van der Waals surface area contributed by atoms with E-state index in [1.165, 1.54) is 0 Å². The van der Waals surface area contributed by atoms with E-state index in [-0.39, 0.29) is 17.9 Å². The quantitative estimate of drug-likeness (QED) is 0.782. The summed E-state index contributed by atoms with van der Waals surface area (Å²) in [7, 11) is 0. The summed E-state index contributed by atoms with van der Waals surface area (Å²) in [5, 5.41) is 7.79. The Kier molecular flexibility index (Phi) is 3.49. The fourth-order valence-corrected chi connectivity index (χ4v) is 2.97. The van der Waals surface area contributed by atoms with Crippen LogP contribution in [0.15, 0.2) is 53.3 Å². The third kappa shape index (κ3) is 2.42. The average Bonchev–Trinajstić information content (AvgIpc) is 2.64. The molecular formula is C18H15N3O3. The van der Waals surface area contributed by atoms with Crippen molar-refractivity contribution >= 4 is 22.4 Å². The van der Waals surface area contributed by atoms with E-state index in [1.807, 2.05) is 36.4 Å². The lowest BCUT2D eigenvalue weighted by molar-refractivity contribution is -0.118. The predicted molar refractivity (Wildman–Crippen MR) is 90.4 cm³/mol. The molecule has 0 aliphatic carbocycles. The van der Waals surface area contributed by atoms with Gasteiger partial charge in [-0.25, -0.2) is 5.10 Å². The first-order valence-corrected chi connectivity index (χ1v) is 7.72. The molecule has 0 fully saturated rings. The van der Waals surface area contributed by atoms with E-state index >= 15 is 0 Å². The van der Waals surface area contributed by atoms with Crippen LogP contribution in [0.2, 0.25) is 0 Å². The first-order valence-electron chi connectivity index (χ1n) is 7.72. The third-order valence-corrected chi connectivity index (χ3v) is 4.12. The van der Waals surface area contributed by atoms with Crippen LogP contribution in [0.1, 0.15) is 5.69 Å². The maximum atomic E-state index is 12.8. The lowest BCUT2D eigenvalue weighted by Crippen LogP contribution is -2.39. The van der Waals surface area contributed by atoms with Gasteiger partial charge in [0.15, 0.2) is 0 Å². The highest BCUT2D eigenvalue weighted by Gasteiger charge is 2.24. The molecule has 3 aromatic rings. The fraction of sp³-hybridized carbons (Fsp3) is 0.167. The molecule has 4 rings (SSSR count). The maximum Gasteiger partial charge on any atom is 0.272 e. The number of H-pyrrole nitrogens is 1. The van der Waals surface area contributed by atoms with Crippen molar-refractivity contribution in [3.05, 3.63) is 64.6 Å². The molecule has 1 amide bonds. The Balaban J connectivity index is 1.69. The number of hydrogen-bond acceptors (Lipinski definition) is 4. The monoisotopic (exact) mass is 321 g/mol. The van der Waals surface area contributed by atoms with Crippen molar-refractivity contribution in [2.24, 2.45) is 0 Å². The smallest absolute Gasteiger partial charge is 0.272 e. The average molecular weight is 321 g/mol. The standard InChI is InChI=1S/C18H15N3O3/c22-17(21-9-10-24-16-8-4-3-7-15(16)21)11-14-12-5-1-2-6-13(12)18(23)20-19-14/h1-8H,9-11H2,(H,20,23). The minimum absolute atomic E-state index is 0.0737. The number of aromatic nitrogens is 2. The highest BCUT2D eigenvalue weighted by molar-refractivity contribution is 5.98. The number of nitrogens with zero attached hydrogens (tertiary/aromatic N) is 2. The molecule has 0 spiro atoms. The van der Waals surface area contributed by atoms with Crippen LogP contribution in [0.5, 0.6) is 5.75 Å². The summed E-state index contributed by atoms with van der Waals surface area (Å²) in [5.74, 6) is 0.631. The molecule has 6 heteroatoms. The number of para-hydroxylation sites is 2. The van der Waals surface area contributed by atoms with Gasteiger partial charge in [0.1, 0.15) is 12.4 Å². The summed E-state index contributed by atoms with van der Waals surface area (Å²) in [6, 6.07) is 14.6. The van der Waals surface area contributed by atoms with Crippen LogP contribution in [0, 0.1) is 0 Å². The van der Waals surface area contributed by atoms with Gasteiger partial charge >= 0.3 is 0 Å². The van der Waals surface area contributed by atoms with E-state index in [2.05, 4.69) is 10.2 Å². The SMILES string of the molecule is O=C(Cc1n[nH]c(=O)c2ccccc12)N1CCOc2ccccc21. The first kappa shape index (κ1) is 14.4. The lowest BCUT2D eigenvalue weighted by Gasteiger charge is -2.29. The van der Waals surface area contributed by atoms with Gasteiger partial charge in [-0.2, -0.15) is 5.10 Å². The summed E-state index contributed by atoms with van der Waals surface area (Å²) < 4.78 is 5.58. The van der Waals surface area contributed by atoms with Crippen LogP contribution in [0.3, 0.4) is 0 Å². The number of fused-ring (bicyclic) bond motifs is 2. The van der Waals surface area contributed by atoms with E-state index in [1.54, 1.807) is 17.0 Å². The van der Waals surface area contributed by atoms with Gasteiger partial charge in [-0.1, -0.05) is 30.3 Å². The van der Waals surface area contributed by atoms with Crippen molar-refractivity contribution in [3.8, 4) is 5.75 Å². The number of ether oxygens (including phenoxy) is 1. The zero-order chi connectivity index (χ0) is 16.5. The Hall–Kier alpha value is -3.15. The molecule has 1 aliphatic rings. The van der Waals surface area contributed by atoms with Crippen molar-refractivity contribution < 1.29 is 9.53 Å². The van der Waals surface area contributed by atoms with E-state index in [0.29, 0.717) is 35.4 Å². The first-order chi connectivity index (χ1) is 11.7. The highest BCUT2D eigenvalue weighted by atomic mass is 16.5. The van der Waals surface area contributed by atoms with Crippen molar-refractivity contribution in [2.75, 3.05) is 18.1 Å². The van der Waals surface area contributed by atoms with Crippen molar-refractivity contribution in [1.82, 2.24) is 10.2 Å². The molecule has 0 saturated carbocycles. The highest BCUT2D eigenvalue weighted by Crippen LogP contribution is 2.31. The molecule has 0 saturated heterocycles. The molecule has 2 heterocycles. The Morgan fingerprint density at radius 1 is 1.12 bits per heavy atom. The number of rotatable bonds is 2. The van der Waals surface area contributed by atoms with Crippen molar-refractivity contribution in [1.29, 1.82) is 0 Å². The molecule has 0 unspecified atom stereocenters. The lowest BCUT2D eigenvalue weighted by atomic mass is 10.1. The molecule has 0 radical (unpaired) electrons. The van der Waals surface area contributed by atoms with Crippen LogP contribution in [0.4, 0.5) is 5.69 Å². The largest absolute Gasteiger partial charge is 0.490 e. The number of anilines is 1. The Labute approximate surface area is 137 Å². The second-order valence-corrected chi connectivity index (χ2v) is 5.58. The van der Waals surface area contributed by atoms with Gasteiger partial charge in [0.05, 0.1) is 29.7 Å². The zero-order valence-electron chi connectivity index (χ0n) is 12.9. The van der Waals surface area contributed by atoms with Crippen LogP contribution in [0.25, 0.3) is 10.8 Å².